The van der Waals surface area contributed by atoms with Crippen LogP contribution in [0.4, 0.5) is 5.82 Å². The number of anilines is 1. The smallest absolute Gasteiger partial charge is 0.230 e. The molecule has 0 radical (unpaired) electrons. The van der Waals surface area contributed by atoms with Gasteiger partial charge in [-0.25, -0.2) is 0 Å². The van der Waals surface area contributed by atoms with Gasteiger partial charge in [-0.2, -0.15) is 0 Å². The molecule has 0 unspecified atom stereocenters. The van der Waals surface area contributed by atoms with Crippen molar-refractivity contribution in [3.8, 4) is 5.75 Å². The fourth-order valence-corrected chi connectivity index (χ4v) is 1.90. The molecule has 0 aliphatic carbocycles. The number of nitrogens with zero attached hydrogens (tertiary/aromatic N) is 1. The maximum atomic E-state index is 11.8. The number of nitrogens with one attached hydrogen (secondary N) is 1. The molecule has 2 aromatic rings. The Morgan fingerprint density at radius 2 is 2.26 bits per heavy atom. The fourth-order valence-electron chi connectivity index (χ4n) is 1.62. The van der Waals surface area contributed by atoms with E-state index < -0.39 is 0 Å². The van der Waals surface area contributed by atoms with Crippen molar-refractivity contribution in [2.24, 2.45) is 0 Å². The Morgan fingerprint density at radius 1 is 1.47 bits per heavy atom. The molecule has 0 fully saturated rings. The molecule has 1 amide bonds. The van der Waals surface area contributed by atoms with Crippen molar-refractivity contribution in [1.82, 2.24) is 5.16 Å². The predicted octanol–water partition coefficient (Wildman–Crippen LogP) is 2.83. The molecule has 0 spiro atoms. The van der Waals surface area contributed by atoms with Gasteiger partial charge >= 0.3 is 0 Å². The minimum absolute atomic E-state index is 0.186. The van der Waals surface area contributed by atoms with Gasteiger partial charge in [0.25, 0.3) is 0 Å². The van der Waals surface area contributed by atoms with Gasteiger partial charge in [-0.05, 0) is 24.6 Å². The molecular formula is C13H13ClN2O3. The van der Waals surface area contributed by atoms with Crippen molar-refractivity contribution >= 4 is 23.3 Å². The van der Waals surface area contributed by atoms with Gasteiger partial charge in [-0.1, -0.05) is 22.8 Å². The van der Waals surface area contributed by atoms with Crippen LogP contribution in [0.3, 0.4) is 0 Å². The number of benzene rings is 1. The molecule has 5 nitrogen and oxygen atoms in total. The normalized spacial score (nSPS) is 10.3. The Bertz CT molecular complexity index is 595. The van der Waals surface area contributed by atoms with E-state index >= 15 is 0 Å². The van der Waals surface area contributed by atoms with Gasteiger partial charge < -0.3 is 14.6 Å². The number of amides is 1. The van der Waals surface area contributed by atoms with E-state index in [1.54, 1.807) is 38.3 Å². The van der Waals surface area contributed by atoms with Crippen LogP contribution < -0.4 is 10.1 Å². The molecule has 1 heterocycles. The lowest BCUT2D eigenvalue weighted by Crippen LogP contribution is -2.14. The second-order valence-electron chi connectivity index (χ2n) is 4.02. The Hall–Kier alpha value is -2.01. The molecule has 6 heteroatoms. The Morgan fingerprint density at radius 3 is 2.84 bits per heavy atom. The minimum atomic E-state index is -0.186. The van der Waals surface area contributed by atoms with Crippen LogP contribution in [0, 0.1) is 6.92 Å². The molecule has 0 aliphatic heterocycles. The lowest BCUT2D eigenvalue weighted by Gasteiger charge is -2.05. The first kappa shape index (κ1) is 13.4. The fraction of sp³-hybridized carbons (Fsp3) is 0.231. The molecule has 1 N–H and O–H groups in total. The number of carbonyl (C=O) groups is 1. The second kappa shape index (κ2) is 5.75. The third kappa shape index (κ3) is 3.48. The summed E-state index contributed by atoms with van der Waals surface area (Å²) in [4.78, 5) is 11.8. The highest BCUT2D eigenvalue weighted by molar-refractivity contribution is 6.32. The molecule has 2 rings (SSSR count). The van der Waals surface area contributed by atoms with Gasteiger partial charge in [0.15, 0.2) is 5.82 Å². The summed E-state index contributed by atoms with van der Waals surface area (Å²) in [5, 5.41) is 6.81. The van der Waals surface area contributed by atoms with E-state index in [9.17, 15) is 4.79 Å². The largest absolute Gasteiger partial charge is 0.495 e. The monoisotopic (exact) mass is 280 g/mol. The van der Waals surface area contributed by atoms with Gasteiger partial charge in [0.1, 0.15) is 11.5 Å². The quantitative estimate of drug-likeness (QED) is 0.935. The van der Waals surface area contributed by atoms with Crippen molar-refractivity contribution in [3.63, 3.8) is 0 Å². The highest BCUT2D eigenvalue weighted by atomic mass is 35.5. The van der Waals surface area contributed by atoms with Crippen LogP contribution in [0.2, 0.25) is 5.02 Å². The number of methoxy groups -OCH3 is 1. The minimum Gasteiger partial charge on any atom is -0.495 e. The van der Waals surface area contributed by atoms with Crippen molar-refractivity contribution in [3.05, 3.63) is 40.6 Å². The van der Waals surface area contributed by atoms with Gasteiger partial charge in [-0.3, -0.25) is 4.79 Å². The molecule has 0 aliphatic rings. The van der Waals surface area contributed by atoms with E-state index in [-0.39, 0.29) is 12.3 Å². The number of halogens is 1. The van der Waals surface area contributed by atoms with Crippen LogP contribution >= 0.6 is 11.6 Å². The Labute approximate surface area is 115 Å². The summed E-state index contributed by atoms with van der Waals surface area (Å²) in [5.41, 5.74) is 0.795. The number of hydrogen-bond donors (Lipinski definition) is 1. The molecule has 19 heavy (non-hydrogen) atoms. The predicted molar refractivity (Wildman–Crippen MR) is 71.6 cm³/mol. The summed E-state index contributed by atoms with van der Waals surface area (Å²) in [5.74, 6) is 1.44. The van der Waals surface area contributed by atoms with Crippen LogP contribution in [-0.4, -0.2) is 18.2 Å². The lowest BCUT2D eigenvalue weighted by molar-refractivity contribution is -0.115. The van der Waals surface area contributed by atoms with Crippen LogP contribution in [-0.2, 0) is 11.2 Å². The molecular weight excluding hydrogens is 268 g/mol. The average molecular weight is 281 g/mol. The third-order valence-electron chi connectivity index (χ3n) is 2.48. The van der Waals surface area contributed by atoms with E-state index in [1.165, 1.54) is 0 Å². The number of ether oxygens (including phenoxy) is 1. The first-order valence-electron chi connectivity index (χ1n) is 5.64. The van der Waals surface area contributed by atoms with E-state index in [2.05, 4.69) is 10.5 Å². The van der Waals surface area contributed by atoms with Crippen LogP contribution in [0.15, 0.2) is 28.8 Å². The molecule has 1 aromatic carbocycles. The number of rotatable bonds is 4. The molecule has 0 saturated heterocycles. The van der Waals surface area contributed by atoms with Gasteiger partial charge in [0.2, 0.25) is 5.91 Å². The molecule has 0 atom stereocenters. The van der Waals surface area contributed by atoms with Gasteiger partial charge in [0, 0.05) is 6.07 Å². The Kier molecular flexibility index (Phi) is 4.06. The topological polar surface area (TPSA) is 64.4 Å². The number of hydrogen-bond acceptors (Lipinski definition) is 4. The van der Waals surface area contributed by atoms with Crippen LogP contribution in [0.5, 0.6) is 5.75 Å². The molecule has 1 aromatic heterocycles. The summed E-state index contributed by atoms with van der Waals surface area (Å²) in [7, 11) is 1.54. The third-order valence-corrected chi connectivity index (χ3v) is 2.77. The average Bonchev–Trinajstić information content (AvgIpc) is 2.74. The van der Waals surface area contributed by atoms with Crippen LogP contribution in [0.1, 0.15) is 11.3 Å². The van der Waals surface area contributed by atoms with E-state index in [0.29, 0.717) is 22.4 Å². The maximum Gasteiger partial charge on any atom is 0.230 e. The van der Waals surface area contributed by atoms with Crippen molar-refractivity contribution in [1.29, 1.82) is 0 Å². The first-order valence-corrected chi connectivity index (χ1v) is 6.02. The van der Waals surface area contributed by atoms with Gasteiger partial charge in [0.05, 0.1) is 18.6 Å². The summed E-state index contributed by atoms with van der Waals surface area (Å²) < 4.78 is 9.91. The zero-order valence-corrected chi connectivity index (χ0v) is 11.3. The zero-order chi connectivity index (χ0) is 13.8. The van der Waals surface area contributed by atoms with Gasteiger partial charge in [-0.15, -0.1) is 0 Å². The molecule has 0 bridgehead atoms. The second-order valence-corrected chi connectivity index (χ2v) is 4.42. The molecule has 0 saturated carbocycles. The summed E-state index contributed by atoms with van der Waals surface area (Å²) in [6.45, 7) is 1.76. The lowest BCUT2D eigenvalue weighted by atomic mass is 10.1. The number of aryl methyl sites for hydroxylation is 1. The van der Waals surface area contributed by atoms with E-state index in [4.69, 9.17) is 20.9 Å². The standard InChI is InChI=1S/C13H13ClN2O3/c1-8-5-12(16-19-8)15-13(17)7-9-3-4-11(18-2)10(14)6-9/h3-6H,7H2,1-2H3,(H,15,16,17). The summed E-state index contributed by atoms with van der Waals surface area (Å²) in [6.07, 6.45) is 0.204. The SMILES string of the molecule is COc1ccc(CC(=O)Nc2cc(C)on2)cc1Cl. The maximum absolute atomic E-state index is 11.8. The van der Waals surface area contributed by atoms with E-state index in [0.717, 1.165) is 5.56 Å². The van der Waals surface area contributed by atoms with E-state index in [1.807, 2.05) is 0 Å². The number of carbonyl (C=O) groups excluding carboxylic acids is 1. The summed E-state index contributed by atoms with van der Waals surface area (Å²) >= 11 is 5.99. The highest BCUT2D eigenvalue weighted by Crippen LogP contribution is 2.25. The Balaban J connectivity index is 2.00. The molecule has 100 valence electrons. The zero-order valence-electron chi connectivity index (χ0n) is 10.6. The number of aromatic nitrogens is 1. The van der Waals surface area contributed by atoms with Crippen LogP contribution in [0.25, 0.3) is 0 Å². The van der Waals surface area contributed by atoms with Crippen molar-refractivity contribution < 1.29 is 14.1 Å². The van der Waals surface area contributed by atoms with Crippen molar-refractivity contribution in [2.75, 3.05) is 12.4 Å². The summed E-state index contributed by atoms with van der Waals surface area (Å²) in [6, 6.07) is 6.87. The first-order chi connectivity index (χ1) is 9.08. The highest BCUT2D eigenvalue weighted by Gasteiger charge is 2.09. The van der Waals surface area contributed by atoms with Crippen molar-refractivity contribution in [2.45, 2.75) is 13.3 Å².